The second-order valence-electron chi connectivity index (χ2n) is 6.24. The van der Waals surface area contributed by atoms with Gasteiger partial charge in [-0.3, -0.25) is 0 Å². The van der Waals surface area contributed by atoms with E-state index in [4.69, 9.17) is 4.74 Å². The summed E-state index contributed by atoms with van der Waals surface area (Å²) in [5.74, 6) is 0.787. The van der Waals surface area contributed by atoms with Crippen LogP contribution >= 0.6 is 0 Å². The van der Waals surface area contributed by atoms with Crippen LogP contribution in [0, 0.1) is 5.92 Å². The quantitative estimate of drug-likeness (QED) is 0.751. The Bertz CT molecular complexity index is 313. The molecule has 1 fully saturated rings. The van der Waals surface area contributed by atoms with Gasteiger partial charge in [-0.05, 0) is 43.8 Å². The molecule has 19 heavy (non-hydrogen) atoms. The van der Waals surface area contributed by atoms with Crippen LogP contribution in [0.1, 0.15) is 58.8 Å². The smallest absolute Gasteiger partial charge is 0.117 e. The fourth-order valence-electron chi connectivity index (χ4n) is 3.05. The first-order valence-corrected chi connectivity index (χ1v) is 8.00. The van der Waals surface area contributed by atoms with E-state index in [9.17, 15) is 0 Å². The maximum atomic E-state index is 5.72. The Morgan fingerprint density at radius 3 is 2.68 bits per heavy atom. The molecule has 1 aliphatic heterocycles. The zero-order valence-corrected chi connectivity index (χ0v) is 12.5. The highest BCUT2D eigenvalue weighted by molar-refractivity contribution is 5.13. The first kappa shape index (κ1) is 14.6. The van der Waals surface area contributed by atoms with E-state index < -0.39 is 0 Å². The third kappa shape index (κ3) is 5.02. The number of hydrogen-bond donors (Lipinski definition) is 1. The van der Waals surface area contributed by atoms with Crippen LogP contribution in [0.15, 0.2) is 24.0 Å². The standard InChI is InChI=1S/C17H29NO/c1-14(2)18-13-16(15-8-4-3-5-9-15)12-17-10-6-7-11-19-17/h7,11-12,14-15,17-18H,3-6,8-10,13H2,1-2H3. The first-order valence-electron chi connectivity index (χ1n) is 8.00. The predicted octanol–water partition coefficient (Wildman–Crippen LogP) is 4.18. The molecule has 0 aromatic rings. The molecule has 1 heterocycles. The van der Waals surface area contributed by atoms with Gasteiger partial charge in [0.15, 0.2) is 0 Å². The number of rotatable bonds is 5. The Labute approximate surface area is 118 Å². The third-order valence-electron chi connectivity index (χ3n) is 4.21. The maximum absolute atomic E-state index is 5.72. The number of nitrogens with one attached hydrogen (secondary N) is 1. The van der Waals surface area contributed by atoms with Gasteiger partial charge in [0.25, 0.3) is 0 Å². The minimum absolute atomic E-state index is 0.302. The fraction of sp³-hybridized carbons (Fsp3) is 0.765. The van der Waals surface area contributed by atoms with E-state index in [2.05, 4.69) is 31.3 Å². The van der Waals surface area contributed by atoms with E-state index in [1.165, 1.54) is 32.1 Å². The van der Waals surface area contributed by atoms with Crippen molar-refractivity contribution in [3.63, 3.8) is 0 Å². The van der Waals surface area contributed by atoms with Gasteiger partial charge in [-0.25, -0.2) is 0 Å². The molecule has 0 saturated heterocycles. The summed E-state index contributed by atoms with van der Waals surface area (Å²) in [4.78, 5) is 0. The monoisotopic (exact) mass is 263 g/mol. The summed E-state index contributed by atoms with van der Waals surface area (Å²) < 4.78 is 5.72. The Balaban J connectivity index is 1.98. The Morgan fingerprint density at radius 1 is 1.26 bits per heavy atom. The molecule has 0 aromatic heterocycles. The van der Waals surface area contributed by atoms with Crippen LogP contribution in [0.3, 0.4) is 0 Å². The zero-order valence-electron chi connectivity index (χ0n) is 12.5. The minimum atomic E-state index is 0.302. The van der Waals surface area contributed by atoms with E-state index in [-0.39, 0.29) is 0 Å². The summed E-state index contributed by atoms with van der Waals surface area (Å²) in [6.07, 6.45) is 15.9. The van der Waals surface area contributed by atoms with Gasteiger partial charge in [-0.15, -0.1) is 0 Å². The Hall–Kier alpha value is -0.760. The highest BCUT2D eigenvalue weighted by Gasteiger charge is 2.20. The topological polar surface area (TPSA) is 21.3 Å². The van der Waals surface area contributed by atoms with Crippen LogP contribution in [0.25, 0.3) is 0 Å². The number of hydrogen-bond acceptors (Lipinski definition) is 2. The summed E-state index contributed by atoms with van der Waals surface area (Å²) >= 11 is 0. The Morgan fingerprint density at radius 2 is 2.05 bits per heavy atom. The van der Waals surface area contributed by atoms with Crippen LogP contribution in [-0.2, 0) is 4.74 Å². The first-order chi connectivity index (χ1) is 9.25. The summed E-state index contributed by atoms with van der Waals surface area (Å²) in [5.41, 5.74) is 1.59. The maximum Gasteiger partial charge on any atom is 0.117 e. The van der Waals surface area contributed by atoms with Gasteiger partial charge < -0.3 is 10.1 Å². The summed E-state index contributed by atoms with van der Waals surface area (Å²) in [6.45, 7) is 5.47. The highest BCUT2D eigenvalue weighted by atomic mass is 16.5. The van der Waals surface area contributed by atoms with Crippen molar-refractivity contribution in [1.82, 2.24) is 5.32 Å². The molecule has 0 bridgehead atoms. The molecular formula is C17H29NO. The normalized spacial score (nSPS) is 25.6. The van der Waals surface area contributed by atoms with E-state index in [1.54, 1.807) is 5.57 Å². The molecule has 2 heteroatoms. The molecule has 2 aliphatic rings. The molecular weight excluding hydrogens is 234 g/mol. The second kappa shape index (κ2) is 7.74. The summed E-state index contributed by atoms with van der Waals surface area (Å²) in [7, 11) is 0. The van der Waals surface area contributed by atoms with Crippen LogP contribution in [0.5, 0.6) is 0 Å². The van der Waals surface area contributed by atoms with E-state index >= 15 is 0 Å². The van der Waals surface area contributed by atoms with Gasteiger partial charge in [0.2, 0.25) is 0 Å². The van der Waals surface area contributed by atoms with Gasteiger partial charge >= 0.3 is 0 Å². The van der Waals surface area contributed by atoms with Crippen LogP contribution < -0.4 is 5.32 Å². The minimum Gasteiger partial charge on any atom is -0.494 e. The van der Waals surface area contributed by atoms with Gasteiger partial charge in [0.05, 0.1) is 6.26 Å². The zero-order chi connectivity index (χ0) is 13.5. The lowest BCUT2D eigenvalue weighted by Crippen LogP contribution is -2.29. The lowest BCUT2D eigenvalue weighted by molar-refractivity contribution is 0.163. The van der Waals surface area contributed by atoms with Crippen molar-refractivity contribution in [2.24, 2.45) is 5.92 Å². The lowest BCUT2D eigenvalue weighted by Gasteiger charge is -2.27. The van der Waals surface area contributed by atoms with Crippen molar-refractivity contribution < 1.29 is 4.74 Å². The van der Waals surface area contributed by atoms with Gasteiger partial charge in [-0.1, -0.05) is 38.7 Å². The highest BCUT2D eigenvalue weighted by Crippen LogP contribution is 2.30. The molecule has 0 amide bonds. The molecule has 108 valence electrons. The summed E-state index contributed by atoms with van der Waals surface area (Å²) in [5, 5.41) is 3.59. The van der Waals surface area contributed by atoms with Gasteiger partial charge in [0, 0.05) is 12.6 Å². The van der Waals surface area contributed by atoms with Crippen LogP contribution in [0.4, 0.5) is 0 Å². The SMILES string of the molecule is CC(C)NCC(=CC1CCC=CO1)C1CCCCC1. The molecule has 0 spiro atoms. The van der Waals surface area contributed by atoms with Crippen molar-refractivity contribution in [1.29, 1.82) is 0 Å². The summed E-state index contributed by atoms with van der Waals surface area (Å²) in [6, 6.07) is 0.555. The van der Waals surface area contributed by atoms with Crippen molar-refractivity contribution in [2.45, 2.75) is 70.9 Å². The molecule has 1 aliphatic carbocycles. The van der Waals surface area contributed by atoms with E-state index in [0.29, 0.717) is 12.1 Å². The predicted molar refractivity (Wildman–Crippen MR) is 81.0 cm³/mol. The van der Waals surface area contributed by atoms with Crippen molar-refractivity contribution in [2.75, 3.05) is 6.54 Å². The van der Waals surface area contributed by atoms with Gasteiger partial charge in [-0.2, -0.15) is 0 Å². The molecule has 1 atom stereocenters. The average molecular weight is 263 g/mol. The van der Waals surface area contributed by atoms with Gasteiger partial charge in [0.1, 0.15) is 6.10 Å². The largest absolute Gasteiger partial charge is 0.494 e. The van der Waals surface area contributed by atoms with E-state index in [1.807, 2.05) is 6.26 Å². The molecule has 1 N–H and O–H groups in total. The molecule has 1 unspecified atom stereocenters. The van der Waals surface area contributed by atoms with E-state index in [0.717, 1.165) is 25.3 Å². The molecule has 2 nitrogen and oxygen atoms in total. The number of ether oxygens (including phenoxy) is 1. The van der Waals surface area contributed by atoms with Crippen molar-refractivity contribution in [3.8, 4) is 0 Å². The fourth-order valence-corrected chi connectivity index (χ4v) is 3.05. The van der Waals surface area contributed by atoms with Crippen molar-refractivity contribution >= 4 is 0 Å². The molecule has 2 rings (SSSR count). The third-order valence-corrected chi connectivity index (χ3v) is 4.21. The molecule has 1 saturated carbocycles. The molecule has 0 aromatic carbocycles. The second-order valence-corrected chi connectivity index (χ2v) is 6.24. The number of allylic oxidation sites excluding steroid dienone is 1. The van der Waals surface area contributed by atoms with Crippen LogP contribution in [-0.4, -0.2) is 18.7 Å². The lowest BCUT2D eigenvalue weighted by atomic mass is 9.82. The van der Waals surface area contributed by atoms with Crippen LogP contribution in [0.2, 0.25) is 0 Å². The Kier molecular flexibility index (Phi) is 5.96. The molecule has 0 radical (unpaired) electrons. The average Bonchev–Trinajstić information content (AvgIpc) is 2.45. The van der Waals surface area contributed by atoms with Crippen molar-refractivity contribution in [3.05, 3.63) is 24.0 Å².